The molecule has 1 amide bonds. The lowest BCUT2D eigenvalue weighted by molar-refractivity contribution is 0.0945. The number of hydrogen-bond acceptors (Lipinski definition) is 5. The fraction of sp³-hybridized carbons (Fsp3) is 0.150. The molecule has 6 heteroatoms. The molecule has 0 aliphatic carbocycles. The van der Waals surface area contributed by atoms with Gasteiger partial charge in [-0.25, -0.2) is 9.97 Å². The second-order valence-electron chi connectivity index (χ2n) is 5.54. The average Bonchev–Trinajstić information content (AvgIpc) is 2.69. The highest BCUT2D eigenvalue weighted by Gasteiger charge is 2.08. The van der Waals surface area contributed by atoms with Crippen molar-refractivity contribution in [3.8, 4) is 5.75 Å². The van der Waals surface area contributed by atoms with Crippen molar-refractivity contribution >= 4 is 17.4 Å². The van der Waals surface area contributed by atoms with Gasteiger partial charge in [0.2, 0.25) is 0 Å². The Hall–Kier alpha value is -3.41. The first-order valence-corrected chi connectivity index (χ1v) is 8.38. The smallest absolute Gasteiger partial charge is 0.271 e. The van der Waals surface area contributed by atoms with E-state index < -0.39 is 0 Å². The number of rotatable bonds is 7. The summed E-state index contributed by atoms with van der Waals surface area (Å²) < 4.78 is 5.41. The fourth-order valence-corrected chi connectivity index (χ4v) is 2.33. The number of benzene rings is 2. The predicted molar refractivity (Wildman–Crippen MR) is 101 cm³/mol. The van der Waals surface area contributed by atoms with Crippen molar-refractivity contribution < 1.29 is 9.53 Å². The summed E-state index contributed by atoms with van der Waals surface area (Å²) in [5.41, 5.74) is 2.17. The van der Waals surface area contributed by atoms with Crippen LogP contribution in [0.15, 0.2) is 67.0 Å². The summed E-state index contributed by atoms with van der Waals surface area (Å²) in [6.45, 7) is 3.03. The van der Waals surface area contributed by atoms with Crippen LogP contribution in [0.3, 0.4) is 0 Å². The lowest BCUT2D eigenvalue weighted by Gasteiger charge is -2.08. The highest BCUT2D eigenvalue weighted by molar-refractivity contribution is 5.92. The molecule has 0 atom stereocenters. The molecule has 2 aromatic carbocycles. The Morgan fingerprint density at radius 2 is 1.77 bits per heavy atom. The summed E-state index contributed by atoms with van der Waals surface area (Å²) in [6.07, 6.45) is 2.99. The van der Waals surface area contributed by atoms with Crippen molar-refractivity contribution in [1.29, 1.82) is 0 Å². The molecule has 0 aliphatic heterocycles. The van der Waals surface area contributed by atoms with Gasteiger partial charge in [-0.15, -0.1) is 0 Å². The summed E-state index contributed by atoms with van der Waals surface area (Å²) in [7, 11) is 0. The minimum Gasteiger partial charge on any atom is -0.494 e. The minimum absolute atomic E-state index is 0.256. The van der Waals surface area contributed by atoms with Crippen LogP contribution in [0.5, 0.6) is 5.75 Å². The Bertz CT molecular complexity index is 834. The van der Waals surface area contributed by atoms with Gasteiger partial charge < -0.3 is 15.4 Å². The van der Waals surface area contributed by atoms with Gasteiger partial charge in [-0.1, -0.05) is 30.3 Å². The zero-order valence-corrected chi connectivity index (χ0v) is 14.5. The number of nitrogens with zero attached hydrogens (tertiary/aromatic N) is 2. The number of hydrogen-bond donors (Lipinski definition) is 2. The van der Waals surface area contributed by atoms with Crippen molar-refractivity contribution in [2.45, 2.75) is 13.5 Å². The fourth-order valence-electron chi connectivity index (χ4n) is 2.33. The maximum absolute atomic E-state index is 12.1. The maximum atomic E-state index is 12.1. The third kappa shape index (κ3) is 4.80. The van der Waals surface area contributed by atoms with Crippen molar-refractivity contribution in [2.75, 3.05) is 11.9 Å². The Labute approximate surface area is 152 Å². The van der Waals surface area contributed by atoms with E-state index in [1.807, 2.05) is 61.5 Å². The van der Waals surface area contributed by atoms with E-state index in [4.69, 9.17) is 4.74 Å². The van der Waals surface area contributed by atoms with Crippen molar-refractivity contribution in [1.82, 2.24) is 15.3 Å². The maximum Gasteiger partial charge on any atom is 0.271 e. The van der Waals surface area contributed by atoms with Crippen LogP contribution in [0.25, 0.3) is 0 Å². The molecule has 3 rings (SSSR count). The highest BCUT2D eigenvalue weighted by Crippen LogP contribution is 2.18. The topological polar surface area (TPSA) is 76.1 Å². The molecule has 0 spiro atoms. The number of carbonyl (C=O) groups is 1. The van der Waals surface area contributed by atoms with Crippen LogP contribution >= 0.6 is 0 Å². The third-order valence-electron chi connectivity index (χ3n) is 3.62. The van der Waals surface area contributed by atoms with Crippen LogP contribution < -0.4 is 15.4 Å². The number of carbonyl (C=O) groups excluding carboxylic acids is 1. The molecule has 6 nitrogen and oxygen atoms in total. The van der Waals surface area contributed by atoms with Crippen LogP contribution in [-0.2, 0) is 6.54 Å². The molecule has 2 N–H and O–H groups in total. The quantitative estimate of drug-likeness (QED) is 0.683. The third-order valence-corrected chi connectivity index (χ3v) is 3.62. The Morgan fingerprint density at radius 3 is 2.42 bits per heavy atom. The molecule has 0 aliphatic rings. The number of amides is 1. The Kier molecular flexibility index (Phi) is 5.77. The van der Waals surface area contributed by atoms with Gasteiger partial charge in [0.1, 0.15) is 17.3 Å². The second kappa shape index (κ2) is 8.62. The molecule has 0 saturated heterocycles. The van der Waals surface area contributed by atoms with Gasteiger partial charge in [-0.3, -0.25) is 4.79 Å². The van der Waals surface area contributed by atoms with Crippen LogP contribution in [0.1, 0.15) is 23.0 Å². The average molecular weight is 348 g/mol. The molecular formula is C20H20N4O2. The number of ether oxygens (including phenoxy) is 1. The standard InChI is InChI=1S/C20H20N4O2/c1-2-26-17-10-8-16(9-11-17)24-19-14-21-18(13-22-19)20(25)23-12-15-6-4-3-5-7-15/h3-11,13-14H,2,12H2,1H3,(H,22,24)(H,23,25). The molecule has 0 radical (unpaired) electrons. The Morgan fingerprint density at radius 1 is 1.00 bits per heavy atom. The highest BCUT2D eigenvalue weighted by atomic mass is 16.5. The normalized spacial score (nSPS) is 10.2. The first-order chi connectivity index (χ1) is 12.7. The summed E-state index contributed by atoms with van der Waals surface area (Å²) in [5.74, 6) is 1.12. The largest absolute Gasteiger partial charge is 0.494 e. The molecule has 1 heterocycles. The zero-order chi connectivity index (χ0) is 18.2. The molecule has 0 fully saturated rings. The molecule has 0 unspecified atom stereocenters. The molecule has 132 valence electrons. The van der Waals surface area contributed by atoms with E-state index in [-0.39, 0.29) is 11.6 Å². The molecule has 3 aromatic rings. The van der Waals surface area contributed by atoms with Gasteiger partial charge in [0.25, 0.3) is 5.91 Å². The van der Waals surface area contributed by atoms with E-state index in [1.54, 1.807) is 0 Å². The van der Waals surface area contributed by atoms with Crippen LogP contribution in [0.4, 0.5) is 11.5 Å². The predicted octanol–water partition coefficient (Wildman–Crippen LogP) is 3.55. The van der Waals surface area contributed by atoms with E-state index in [1.165, 1.54) is 12.4 Å². The molecule has 26 heavy (non-hydrogen) atoms. The minimum atomic E-state index is -0.256. The van der Waals surface area contributed by atoms with Crippen molar-refractivity contribution in [2.24, 2.45) is 0 Å². The lowest BCUT2D eigenvalue weighted by Crippen LogP contribution is -2.24. The van der Waals surface area contributed by atoms with Crippen LogP contribution in [0, 0.1) is 0 Å². The van der Waals surface area contributed by atoms with Crippen LogP contribution in [-0.4, -0.2) is 22.5 Å². The first-order valence-electron chi connectivity index (χ1n) is 8.38. The number of anilines is 2. The first kappa shape index (κ1) is 17.4. The van der Waals surface area contributed by atoms with Gasteiger partial charge in [-0.05, 0) is 36.8 Å². The molecular weight excluding hydrogens is 328 g/mol. The summed E-state index contributed by atoms with van der Waals surface area (Å²) in [4.78, 5) is 20.6. The van der Waals surface area contributed by atoms with Gasteiger partial charge >= 0.3 is 0 Å². The molecule has 0 bridgehead atoms. The van der Waals surface area contributed by atoms with Gasteiger partial charge in [-0.2, -0.15) is 0 Å². The second-order valence-corrected chi connectivity index (χ2v) is 5.54. The summed E-state index contributed by atoms with van der Waals surface area (Å²) >= 11 is 0. The van der Waals surface area contributed by atoms with Crippen molar-refractivity contribution in [3.05, 3.63) is 78.2 Å². The van der Waals surface area contributed by atoms with E-state index in [0.29, 0.717) is 19.0 Å². The molecule has 0 saturated carbocycles. The van der Waals surface area contributed by atoms with E-state index >= 15 is 0 Å². The van der Waals surface area contributed by atoms with E-state index in [9.17, 15) is 4.79 Å². The molecule has 1 aromatic heterocycles. The van der Waals surface area contributed by atoms with Gasteiger partial charge in [0.05, 0.1) is 19.0 Å². The Balaban J connectivity index is 1.56. The summed E-state index contributed by atoms with van der Waals surface area (Å²) in [5, 5.41) is 5.96. The van der Waals surface area contributed by atoms with E-state index in [0.717, 1.165) is 17.0 Å². The SMILES string of the molecule is CCOc1ccc(Nc2cnc(C(=O)NCc3ccccc3)cn2)cc1. The monoisotopic (exact) mass is 348 g/mol. The number of aromatic nitrogens is 2. The van der Waals surface area contributed by atoms with Crippen LogP contribution in [0.2, 0.25) is 0 Å². The zero-order valence-electron chi connectivity index (χ0n) is 14.5. The summed E-state index contributed by atoms with van der Waals surface area (Å²) in [6, 6.07) is 17.3. The van der Waals surface area contributed by atoms with Crippen molar-refractivity contribution in [3.63, 3.8) is 0 Å². The van der Waals surface area contributed by atoms with Gasteiger partial charge in [0.15, 0.2) is 0 Å². The number of nitrogens with one attached hydrogen (secondary N) is 2. The lowest BCUT2D eigenvalue weighted by atomic mass is 10.2. The van der Waals surface area contributed by atoms with E-state index in [2.05, 4.69) is 20.6 Å². The van der Waals surface area contributed by atoms with Gasteiger partial charge in [0, 0.05) is 12.2 Å².